The zero-order valence-corrected chi connectivity index (χ0v) is 7.57. The number of hydrogen-bond donors (Lipinski definition) is 0. The second kappa shape index (κ2) is 3.21. The van der Waals surface area contributed by atoms with E-state index in [2.05, 4.69) is 0 Å². The average molecular weight is 176 g/mol. The number of carbonyl (C=O) groups is 1. The van der Waals surface area contributed by atoms with E-state index < -0.39 is 0 Å². The molecule has 1 unspecified atom stereocenters. The maximum atomic E-state index is 11.0. The van der Waals surface area contributed by atoms with E-state index >= 15 is 0 Å². The predicted octanol–water partition coefficient (Wildman–Crippen LogP) is 1.79. The Labute approximate surface area is 77.5 Å². The molecule has 0 bridgehead atoms. The number of carbonyl (C=O) groups excluding carboxylic acids is 1. The van der Waals surface area contributed by atoms with Crippen LogP contribution in [0.3, 0.4) is 0 Å². The molecule has 2 heteroatoms. The monoisotopic (exact) mass is 176 g/mol. The number of hydrogen-bond acceptors (Lipinski definition) is 2. The van der Waals surface area contributed by atoms with Gasteiger partial charge >= 0.3 is 5.97 Å². The van der Waals surface area contributed by atoms with Crippen molar-refractivity contribution in [2.24, 2.45) is 5.92 Å². The van der Waals surface area contributed by atoms with Gasteiger partial charge in [-0.05, 0) is 18.9 Å². The van der Waals surface area contributed by atoms with Gasteiger partial charge in [0.05, 0.1) is 5.92 Å². The van der Waals surface area contributed by atoms with E-state index in [0.29, 0.717) is 0 Å². The smallest absolute Gasteiger partial charge is 0.313 e. The topological polar surface area (TPSA) is 26.3 Å². The lowest BCUT2D eigenvalue weighted by atomic mass is 9.91. The standard InChI is InChI=1S/C11H12O2/c1-8-10(11(12)13-8)7-9-5-3-2-4-6-9/h2-6,8,10H,7H2,1H3/t8?,10-/m0/s1. The second-order valence-electron chi connectivity index (χ2n) is 3.44. The van der Waals surface area contributed by atoms with E-state index in [1.165, 1.54) is 5.56 Å². The summed E-state index contributed by atoms with van der Waals surface area (Å²) in [6, 6.07) is 10.0. The van der Waals surface area contributed by atoms with Crippen LogP contribution >= 0.6 is 0 Å². The summed E-state index contributed by atoms with van der Waals surface area (Å²) in [7, 11) is 0. The van der Waals surface area contributed by atoms with Gasteiger partial charge in [0.15, 0.2) is 0 Å². The lowest BCUT2D eigenvalue weighted by Gasteiger charge is -2.32. The van der Waals surface area contributed by atoms with E-state index in [-0.39, 0.29) is 18.0 Å². The minimum Gasteiger partial charge on any atom is -0.461 e. The Morgan fingerprint density at radius 2 is 2.00 bits per heavy atom. The van der Waals surface area contributed by atoms with Gasteiger partial charge in [-0.1, -0.05) is 30.3 Å². The predicted molar refractivity (Wildman–Crippen MR) is 49.2 cm³/mol. The van der Waals surface area contributed by atoms with Crippen LogP contribution in [0.2, 0.25) is 0 Å². The minimum atomic E-state index is -0.0589. The molecule has 1 aliphatic rings. The average Bonchev–Trinajstić information content (AvgIpc) is 2.16. The summed E-state index contributed by atoms with van der Waals surface area (Å²) >= 11 is 0. The maximum Gasteiger partial charge on any atom is 0.313 e. The van der Waals surface area contributed by atoms with E-state index in [0.717, 1.165) is 6.42 Å². The molecule has 0 spiro atoms. The molecule has 1 heterocycles. The summed E-state index contributed by atoms with van der Waals surface area (Å²) in [5.41, 5.74) is 1.20. The van der Waals surface area contributed by atoms with Gasteiger partial charge in [0, 0.05) is 0 Å². The highest BCUT2D eigenvalue weighted by atomic mass is 16.6. The summed E-state index contributed by atoms with van der Waals surface area (Å²) in [6.45, 7) is 1.94. The molecule has 1 fully saturated rings. The lowest BCUT2D eigenvalue weighted by Crippen LogP contribution is -2.44. The van der Waals surface area contributed by atoms with E-state index in [1.807, 2.05) is 37.3 Å². The zero-order chi connectivity index (χ0) is 9.26. The van der Waals surface area contributed by atoms with Crippen LogP contribution in [0.25, 0.3) is 0 Å². The molecule has 0 aliphatic carbocycles. The molecular weight excluding hydrogens is 164 g/mol. The van der Waals surface area contributed by atoms with Gasteiger partial charge < -0.3 is 4.74 Å². The van der Waals surface area contributed by atoms with Crippen LogP contribution in [0.5, 0.6) is 0 Å². The molecule has 2 nitrogen and oxygen atoms in total. The van der Waals surface area contributed by atoms with E-state index in [4.69, 9.17) is 4.74 Å². The first-order valence-electron chi connectivity index (χ1n) is 4.52. The number of benzene rings is 1. The molecule has 1 aromatic carbocycles. The molecular formula is C11H12O2. The lowest BCUT2D eigenvalue weighted by molar-refractivity contribution is -0.181. The number of ether oxygens (including phenoxy) is 1. The number of cyclic esters (lactones) is 1. The van der Waals surface area contributed by atoms with Crippen LogP contribution in [0.1, 0.15) is 12.5 Å². The van der Waals surface area contributed by atoms with Crippen molar-refractivity contribution >= 4 is 5.97 Å². The van der Waals surface area contributed by atoms with Gasteiger partial charge in [0.25, 0.3) is 0 Å². The first-order chi connectivity index (χ1) is 6.27. The minimum absolute atomic E-state index is 0.0589. The molecule has 1 aromatic rings. The van der Waals surface area contributed by atoms with Gasteiger partial charge in [-0.2, -0.15) is 0 Å². The van der Waals surface area contributed by atoms with Crippen molar-refractivity contribution in [3.05, 3.63) is 35.9 Å². The van der Waals surface area contributed by atoms with Gasteiger partial charge in [-0.15, -0.1) is 0 Å². The van der Waals surface area contributed by atoms with Crippen LogP contribution in [0.15, 0.2) is 30.3 Å². The molecule has 0 radical (unpaired) electrons. The maximum absolute atomic E-state index is 11.0. The first-order valence-corrected chi connectivity index (χ1v) is 4.52. The molecule has 1 aliphatic heterocycles. The quantitative estimate of drug-likeness (QED) is 0.642. The first kappa shape index (κ1) is 8.30. The molecule has 68 valence electrons. The van der Waals surface area contributed by atoms with Crippen molar-refractivity contribution < 1.29 is 9.53 Å². The SMILES string of the molecule is CC1OC(=O)[C@H]1Cc1ccccc1. The highest BCUT2D eigenvalue weighted by Gasteiger charge is 2.38. The van der Waals surface area contributed by atoms with Crippen molar-refractivity contribution in [2.45, 2.75) is 19.4 Å². The van der Waals surface area contributed by atoms with Crippen LogP contribution in [0.4, 0.5) is 0 Å². The van der Waals surface area contributed by atoms with Gasteiger partial charge in [-0.3, -0.25) is 4.79 Å². The van der Waals surface area contributed by atoms with Gasteiger partial charge in [-0.25, -0.2) is 0 Å². The van der Waals surface area contributed by atoms with Crippen LogP contribution in [-0.4, -0.2) is 12.1 Å². The summed E-state index contributed by atoms with van der Waals surface area (Å²) in [5.74, 6) is 0.0127. The Bertz CT molecular complexity index is 305. The van der Waals surface area contributed by atoms with Crippen molar-refractivity contribution in [3.63, 3.8) is 0 Å². The van der Waals surface area contributed by atoms with Crippen molar-refractivity contribution in [1.29, 1.82) is 0 Å². The molecule has 1 saturated heterocycles. The molecule has 0 amide bonds. The molecule has 0 N–H and O–H groups in total. The van der Waals surface area contributed by atoms with E-state index in [1.54, 1.807) is 0 Å². The van der Waals surface area contributed by atoms with Crippen molar-refractivity contribution in [2.75, 3.05) is 0 Å². The van der Waals surface area contributed by atoms with Crippen LogP contribution < -0.4 is 0 Å². The normalized spacial score (nSPS) is 26.4. The third kappa shape index (κ3) is 1.57. The van der Waals surface area contributed by atoms with Crippen LogP contribution in [-0.2, 0) is 16.0 Å². The Hall–Kier alpha value is -1.31. The second-order valence-corrected chi connectivity index (χ2v) is 3.44. The van der Waals surface area contributed by atoms with Gasteiger partial charge in [0.1, 0.15) is 6.10 Å². The third-order valence-corrected chi connectivity index (χ3v) is 2.47. The van der Waals surface area contributed by atoms with E-state index in [9.17, 15) is 4.79 Å². The summed E-state index contributed by atoms with van der Waals surface area (Å²) < 4.78 is 4.88. The van der Waals surface area contributed by atoms with Crippen molar-refractivity contribution in [3.8, 4) is 0 Å². The van der Waals surface area contributed by atoms with Gasteiger partial charge in [0.2, 0.25) is 0 Å². The fourth-order valence-electron chi connectivity index (χ4n) is 1.59. The summed E-state index contributed by atoms with van der Waals surface area (Å²) in [6.07, 6.45) is 0.897. The number of rotatable bonds is 2. The van der Waals surface area contributed by atoms with Crippen LogP contribution in [0, 0.1) is 5.92 Å². The molecule has 2 atom stereocenters. The molecule has 0 saturated carbocycles. The van der Waals surface area contributed by atoms with Crippen molar-refractivity contribution in [1.82, 2.24) is 0 Å². The summed E-state index contributed by atoms with van der Waals surface area (Å²) in [5, 5.41) is 0. The molecule has 2 rings (SSSR count). The third-order valence-electron chi connectivity index (χ3n) is 2.47. The highest BCUT2D eigenvalue weighted by Crippen LogP contribution is 2.25. The molecule has 0 aromatic heterocycles. The highest BCUT2D eigenvalue weighted by molar-refractivity contribution is 5.78. The Balaban J connectivity index is 2.02. The largest absolute Gasteiger partial charge is 0.461 e. The fourth-order valence-corrected chi connectivity index (χ4v) is 1.59. The Morgan fingerprint density at radius 1 is 1.31 bits per heavy atom. The summed E-state index contributed by atoms with van der Waals surface area (Å²) in [4.78, 5) is 11.0. The Morgan fingerprint density at radius 3 is 2.54 bits per heavy atom. The number of esters is 1. The fraction of sp³-hybridized carbons (Fsp3) is 0.364. The zero-order valence-electron chi connectivity index (χ0n) is 7.57. The molecule has 13 heavy (non-hydrogen) atoms. The Kier molecular flexibility index (Phi) is 2.05.